The number of nitrogens with zero attached hydrogens (tertiary/aromatic N) is 1. The molecular weight excluding hydrogens is 419 g/mol. The van der Waals surface area contributed by atoms with E-state index in [0.29, 0.717) is 16.8 Å². The van der Waals surface area contributed by atoms with Crippen molar-refractivity contribution in [2.75, 3.05) is 0 Å². The minimum atomic E-state index is -0.834. The van der Waals surface area contributed by atoms with Crippen molar-refractivity contribution in [1.82, 2.24) is 4.40 Å². The van der Waals surface area contributed by atoms with E-state index in [1.807, 2.05) is 0 Å². The molecule has 2 nitrogen and oxygen atoms in total. The van der Waals surface area contributed by atoms with Crippen LogP contribution >= 0.6 is 15.9 Å². The Morgan fingerprint density at radius 3 is 2.15 bits per heavy atom. The van der Waals surface area contributed by atoms with Gasteiger partial charge in [0.05, 0.1) is 22.3 Å². The first-order chi connectivity index (χ1) is 13.0. The van der Waals surface area contributed by atoms with Crippen LogP contribution < -0.4 is 5.43 Å². The molecule has 0 radical (unpaired) electrons. The highest BCUT2D eigenvalue weighted by molar-refractivity contribution is 9.10. The molecule has 0 saturated heterocycles. The van der Waals surface area contributed by atoms with Crippen molar-refractivity contribution >= 4 is 21.4 Å². The van der Waals surface area contributed by atoms with Crippen LogP contribution in [-0.4, -0.2) is 4.40 Å². The standard InChI is InChI=1S/C21H11BrF3NO/c22-13-10-15(24)20(16(25)11-13)21-18-3-1-2-17(26(18)9-8-19(21)27)12-4-6-14(23)7-5-12/h1-11H. The smallest absolute Gasteiger partial charge is 0.190 e. The van der Waals surface area contributed by atoms with Gasteiger partial charge in [-0.2, -0.15) is 0 Å². The Hall–Kier alpha value is -2.86. The fourth-order valence-corrected chi connectivity index (χ4v) is 3.53. The third kappa shape index (κ3) is 3.06. The van der Waals surface area contributed by atoms with Crippen LogP contribution in [0.5, 0.6) is 0 Å². The van der Waals surface area contributed by atoms with Gasteiger partial charge in [0.15, 0.2) is 5.43 Å². The third-order valence-electron chi connectivity index (χ3n) is 4.30. The molecule has 0 N–H and O–H groups in total. The number of fused-ring (bicyclic) bond motifs is 1. The number of hydrogen-bond acceptors (Lipinski definition) is 1. The van der Waals surface area contributed by atoms with E-state index in [-0.39, 0.29) is 21.4 Å². The molecule has 0 saturated carbocycles. The molecule has 0 aliphatic heterocycles. The summed E-state index contributed by atoms with van der Waals surface area (Å²) >= 11 is 3.04. The number of aromatic nitrogens is 1. The lowest BCUT2D eigenvalue weighted by atomic mass is 10.0. The van der Waals surface area contributed by atoms with Gasteiger partial charge in [0.25, 0.3) is 0 Å². The van der Waals surface area contributed by atoms with Crippen LogP contribution in [0.2, 0.25) is 0 Å². The zero-order chi connectivity index (χ0) is 19.1. The zero-order valence-electron chi connectivity index (χ0n) is 13.7. The second-order valence-electron chi connectivity index (χ2n) is 5.97. The first-order valence-electron chi connectivity index (χ1n) is 8.01. The molecule has 2 heterocycles. The maximum absolute atomic E-state index is 14.5. The van der Waals surface area contributed by atoms with Crippen molar-refractivity contribution < 1.29 is 13.2 Å². The lowest BCUT2D eigenvalue weighted by Gasteiger charge is -2.14. The van der Waals surface area contributed by atoms with E-state index in [4.69, 9.17) is 0 Å². The monoisotopic (exact) mass is 429 g/mol. The van der Waals surface area contributed by atoms with Gasteiger partial charge >= 0.3 is 0 Å². The molecule has 134 valence electrons. The molecule has 0 aliphatic rings. The van der Waals surface area contributed by atoms with E-state index in [1.165, 1.54) is 24.4 Å². The summed E-state index contributed by atoms with van der Waals surface area (Å²) in [5, 5.41) is 0. The maximum atomic E-state index is 14.5. The molecular formula is C21H11BrF3NO. The van der Waals surface area contributed by atoms with Gasteiger partial charge in [-0.25, -0.2) is 13.2 Å². The highest BCUT2D eigenvalue weighted by Crippen LogP contribution is 2.31. The van der Waals surface area contributed by atoms with E-state index >= 15 is 0 Å². The Bertz CT molecular complexity index is 1210. The molecule has 0 spiro atoms. The van der Waals surface area contributed by atoms with Crippen molar-refractivity contribution in [3.05, 3.63) is 99.0 Å². The number of pyridine rings is 2. The van der Waals surface area contributed by atoms with Crippen LogP contribution in [0.15, 0.2) is 76.1 Å². The molecule has 2 aromatic carbocycles. The van der Waals surface area contributed by atoms with E-state index in [9.17, 15) is 18.0 Å². The first-order valence-corrected chi connectivity index (χ1v) is 8.80. The van der Waals surface area contributed by atoms with Crippen LogP contribution in [0.25, 0.3) is 27.9 Å². The lowest BCUT2D eigenvalue weighted by molar-refractivity contribution is 0.588. The topological polar surface area (TPSA) is 21.5 Å². The van der Waals surface area contributed by atoms with Crippen LogP contribution in [0, 0.1) is 17.5 Å². The Morgan fingerprint density at radius 1 is 0.815 bits per heavy atom. The summed E-state index contributed by atoms with van der Waals surface area (Å²) in [5.41, 5.74) is 0.775. The second-order valence-corrected chi connectivity index (χ2v) is 6.89. The van der Waals surface area contributed by atoms with Gasteiger partial charge in [-0.15, -0.1) is 0 Å². The maximum Gasteiger partial charge on any atom is 0.190 e. The van der Waals surface area contributed by atoms with Crippen LogP contribution in [-0.2, 0) is 0 Å². The average molecular weight is 430 g/mol. The molecule has 0 aliphatic carbocycles. The fourth-order valence-electron chi connectivity index (χ4n) is 3.13. The van der Waals surface area contributed by atoms with Crippen molar-refractivity contribution in [2.45, 2.75) is 0 Å². The number of rotatable bonds is 2. The molecule has 0 amide bonds. The highest BCUT2D eigenvalue weighted by Gasteiger charge is 2.19. The SMILES string of the molecule is O=c1ccn2c(-c3ccc(F)cc3)cccc2c1-c1c(F)cc(Br)cc1F. The van der Waals surface area contributed by atoms with Gasteiger partial charge in [-0.1, -0.05) is 22.0 Å². The summed E-state index contributed by atoms with van der Waals surface area (Å²) in [6, 6.07) is 14.4. The summed E-state index contributed by atoms with van der Waals surface area (Å²) < 4.78 is 44.2. The normalized spacial score (nSPS) is 11.1. The quantitative estimate of drug-likeness (QED) is 0.393. The van der Waals surface area contributed by atoms with Gasteiger partial charge in [0.2, 0.25) is 0 Å². The molecule has 27 heavy (non-hydrogen) atoms. The van der Waals surface area contributed by atoms with Gasteiger partial charge in [-0.3, -0.25) is 4.79 Å². The van der Waals surface area contributed by atoms with E-state index in [2.05, 4.69) is 15.9 Å². The molecule has 0 fully saturated rings. The molecule has 0 atom stereocenters. The minimum Gasteiger partial charge on any atom is -0.316 e. The van der Waals surface area contributed by atoms with E-state index in [1.54, 1.807) is 34.7 Å². The van der Waals surface area contributed by atoms with Crippen molar-refractivity contribution in [3.8, 4) is 22.4 Å². The summed E-state index contributed by atoms with van der Waals surface area (Å²) in [7, 11) is 0. The molecule has 0 bridgehead atoms. The van der Waals surface area contributed by atoms with Crippen LogP contribution in [0.4, 0.5) is 13.2 Å². The predicted octanol–water partition coefficient (Wildman–Crippen LogP) is 5.81. The summed E-state index contributed by atoms with van der Waals surface area (Å²) in [6.07, 6.45) is 1.54. The fraction of sp³-hybridized carbons (Fsp3) is 0. The van der Waals surface area contributed by atoms with Crippen molar-refractivity contribution in [3.63, 3.8) is 0 Å². The summed E-state index contributed by atoms with van der Waals surface area (Å²) in [6.45, 7) is 0. The average Bonchev–Trinajstić information content (AvgIpc) is 2.63. The van der Waals surface area contributed by atoms with E-state index in [0.717, 1.165) is 12.1 Å². The number of halogens is 4. The molecule has 4 rings (SSSR count). The van der Waals surface area contributed by atoms with Gasteiger partial charge in [0, 0.05) is 16.7 Å². The predicted molar refractivity (Wildman–Crippen MR) is 102 cm³/mol. The van der Waals surface area contributed by atoms with E-state index < -0.39 is 17.1 Å². The summed E-state index contributed by atoms with van der Waals surface area (Å²) in [5.74, 6) is -2.04. The molecule has 4 aromatic rings. The first kappa shape index (κ1) is 17.5. The Balaban J connectivity index is 2.07. The Kier molecular flexibility index (Phi) is 4.36. The minimum absolute atomic E-state index is 0.0658. The lowest BCUT2D eigenvalue weighted by Crippen LogP contribution is -2.10. The van der Waals surface area contributed by atoms with Crippen LogP contribution in [0.1, 0.15) is 0 Å². The largest absolute Gasteiger partial charge is 0.316 e. The zero-order valence-corrected chi connectivity index (χ0v) is 15.3. The van der Waals surface area contributed by atoms with Gasteiger partial charge < -0.3 is 4.40 Å². The molecule has 2 aromatic heterocycles. The van der Waals surface area contributed by atoms with Gasteiger partial charge in [-0.05, 0) is 54.1 Å². The van der Waals surface area contributed by atoms with Crippen molar-refractivity contribution in [1.29, 1.82) is 0 Å². The van der Waals surface area contributed by atoms with Crippen LogP contribution in [0.3, 0.4) is 0 Å². The molecule has 0 unspecified atom stereocenters. The molecule has 6 heteroatoms. The number of hydrogen-bond donors (Lipinski definition) is 0. The van der Waals surface area contributed by atoms with Gasteiger partial charge in [0.1, 0.15) is 17.5 Å². The Morgan fingerprint density at radius 2 is 1.48 bits per heavy atom. The van der Waals surface area contributed by atoms with Crippen molar-refractivity contribution in [2.24, 2.45) is 0 Å². The second kappa shape index (κ2) is 6.70. The number of benzene rings is 2. The third-order valence-corrected chi connectivity index (χ3v) is 4.76. The highest BCUT2D eigenvalue weighted by atomic mass is 79.9. The summed E-state index contributed by atoms with van der Waals surface area (Å²) in [4.78, 5) is 12.5. The Labute approximate surface area is 160 Å².